The lowest BCUT2D eigenvalue weighted by Crippen LogP contribution is -2.29. The van der Waals surface area contributed by atoms with Gasteiger partial charge in [-0.25, -0.2) is 9.82 Å². The highest BCUT2D eigenvalue weighted by Gasteiger charge is 2.16. The summed E-state index contributed by atoms with van der Waals surface area (Å²) in [5.41, 5.74) is 4.38. The van der Waals surface area contributed by atoms with Crippen molar-refractivity contribution in [1.82, 2.24) is 15.4 Å². The molecule has 0 aliphatic rings. The van der Waals surface area contributed by atoms with E-state index >= 15 is 0 Å². The minimum absolute atomic E-state index is 0.304. The number of benzene rings is 1. The van der Waals surface area contributed by atoms with Crippen molar-refractivity contribution in [2.45, 2.75) is 6.04 Å². The predicted octanol–water partition coefficient (Wildman–Crippen LogP) is 2.32. The monoisotopic (exact) mass is 268 g/mol. The van der Waals surface area contributed by atoms with Gasteiger partial charge in [0.05, 0.1) is 17.9 Å². The largest absolute Gasteiger partial charge is 0.271 e. The number of hydrazine groups is 1. The summed E-state index contributed by atoms with van der Waals surface area (Å²) in [5, 5.41) is 2.06. The summed E-state index contributed by atoms with van der Waals surface area (Å²) in [4.78, 5) is 8.21. The standard InChI is InChI=1S/C15H13FN4/c16-11-4-5-14(19-9-11)15(20-17)13-3-1-2-10-8-18-7-6-12(10)13/h1-9,15,20H,17H2. The smallest absolute Gasteiger partial charge is 0.141 e. The van der Waals surface area contributed by atoms with Crippen LogP contribution in [0.5, 0.6) is 0 Å². The van der Waals surface area contributed by atoms with E-state index in [0.717, 1.165) is 16.3 Å². The zero-order chi connectivity index (χ0) is 13.9. The Balaban J connectivity index is 2.14. The Hall–Kier alpha value is -2.37. The van der Waals surface area contributed by atoms with Gasteiger partial charge in [0, 0.05) is 17.8 Å². The molecule has 3 aromatic rings. The second kappa shape index (κ2) is 5.32. The van der Waals surface area contributed by atoms with Gasteiger partial charge in [-0.3, -0.25) is 15.8 Å². The molecule has 1 aromatic carbocycles. The normalized spacial score (nSPS) is 12.5. The first kappa shape index (κ1) is 12.7. The number of hydrogen-bond donors (Lipinski definition) is 2. The lowest BCUT2D eigenvalue weighted by atomic mass is 9.98. The van der Waals surface area contributed by atoms with E-state index in [-0.39, 0.29) is 11.9 Å². The number of halogens is 1. The average Bonchev–Trinajstić information content (AvgIpc) is 2.50. The Labute approximate surface area is 115 Å². The van der Waals surface area contributed by atoms with E-state index in [1.54, 1.807) is 18.5 Å². The van der Waals surface area contributed by atoms with Gasteiger partial charge in [-0.15, -0.1) is 0 Å². The van der Waals surface area contributed by atoms with E-state index in [9.17, 15) is 4.39 Å². The van der Waals surface area contributed by atoms with E-state index < -0.39 is 0 Å². The number of rotatable bonds is 3. The molecule has 0 radical (unpaired) electrons. The maximum atomic E-state index is 13.0. The molecular formula is C15H13FN4. The molecule has 3 rings (SSSR count). The van der Waals surface area contributed by atoms with Crippen molar-refractivity contribution in [1.29, 1.82) is 0 Å². The van der Waals surface area contributed by atoms with Crippen LogP contribution in [-0.2, 0) is 0 Å². The van der Waals surface area contributed by atoms with Crippen molar-refractivity contribution in [2.24, 2.45) is 5.84 Å². The molecule has 0 spiro atoms. The zero-order valence-corrected chi connectivity index (χ0v) is 10.6. The first-order valence-electron chi connectivity index (χ1n) is 6.20. The summed E-state index contributed by atoms with van der Waals surface area (Å²) in [6.45, 7) is 0. The second-order valence-corrected chi connectivity index (χ2v) is 4.45. The number of nitrogens with two attached hydrogens (primary N) is 1. The molecule has 0 aliphatic carbocycles. The van der Waals surface area contributed by atoms with Crippen molar-refractivity contribution in [3.05, 3.63) is 72.1 Å². The summed E-state index contributed by atoms with van der Waals surface area (Å²) in [6, 6.07) is 10.5. The molecule has 0 saturated carbocycles. The minimum Gasteiger partial charge on any atom is -0.271 e. The van der Waals surface area contributed by atoms with Gasteiger partial charge in [0.15, 0.2) is 0 Å². The first-order valence-corrected chi connectivity index (χ1v) is 6.20. The number of aromatic nitrogens is 2. The SMILES string of the molecule is NNC(c1ccc(F)cn1)c1cccc2cnccc12. The summed E-state index contributed by atoms with van der Waals surface area (Å²) < 4.78 is 13.0. The van der Waals surface area contributed by atoms with Crippen molar-refractivity contribution >= 4 is 10.8 Å². The van der Waals surface area contributed by atoms with Crippen LogP contribution in [0.25, 0.3) is 10.8 Å². The van der Waals surface area contributed by atoms with Crippen LogP contribution in [-0.4, -0.2) is 9.97 Å². The van der Waals surface area contributed by atoms with Gasteiger partial charge in [0.25, 0.3) is 0 Å². The van der Waals surface area contributed by atoms with Gasteiger partial charge in [0.2, 0.25) is 0 Å². The molecule has 0 saturated heterocycles. The molecule has 1 unspecified atom stereocenters. The highest BCUT2D eigenvalue weighted by atomic mass is 19.1. The maximum Gasteiger partial charge on any atom is 0.141 e. The van der Waals surface area contributed by atoms with Crippen molar-refractivity contribution < 1.29 is 4.39 Å². The van der Waals surface area contributed by atoms with Crippen LogP contribution in [0.4, 0.5) is 4.39 Å². The first-order chi connectivity index (χ1) is 9.79. The topological polar surface area (TPSA) is 63.8 Å². The van der Waals surface area contributed by atoms with Crippen molar-refractivity contribution in [3.63, 3.8) is 0 Å². The molecule has 100 valence electrons. The fourth-order valence-corrected chi connectivity index (χ4v) is 2.29. The summed E-state index contributed by atoms with van der Waals surface area (Å²) in [5.74, 6) is 5.30. The molecule has 0 fully saturated rings. The molecule has 1 atom stereocenters. The van der Waals surface area contributed by atoms with Gasteiger partial charge in [-0.2, -0.15) is 0 Å². The quantitative estimate of drug-likeness (QED) is 0.565. The third-order valence-corrected chi connectivity index (χ3v) is 3.24. The second-order valence-electron chi connectivity index (χ2n) is 4.45. The van der Waals surface area contributed by atoms with Gasteiger partial charge in [-0.05, 0) is 29.1 Å². The molecule has 5 heteroatoms. The van der Waals surface area contributed by atoms with Crippen LogP contribution in [0, 0.1) is 5.82 Å². The van der Waals surface area contributed by atoms with E-state index in [1.807, 2.05) is 24.3 Å². The van der Waals surface area contributed by atoms with E-state index in [4.69, 9.17) is 5.84 Å². The Bertz CT molecular complexity index is 722. The Morgan fingerprint density at radius 1 is 1.10 bits per heavy atom. The molecular weight excluding hydrogens is 255 g/mol. The number of pyridine rings is 2. The van der Waals surface area contributed by atoms with Gasteiger partial charge in [-0.1, -0.05) is 18.2 Å². The third-order valence-electron chi connectivity index (χ3n) is 3.24. The highest BCUT2D eigenvalue weighted by molar-refractivity contribution is 5.85. The van der Waals surface area contributed by atoms with E-state index in [1.165, 1.54) is 12.3 Å². The average molecular weight is 268 g/mol. The van der Waals surface area contributed by atoms with Crippen molar-refractivity contribution in [3.8, 4) is 0 Å². The zero-order valence-electron chi connectivity index (χ0n) is 10.6. The summed E-state index contributed by atoms with van der Waals surface area (Å²) in [7, 11) is 0. The van der Waals surface area contributed by atoms with Crippen LogP contribution in [0.3, 0.4) is 0 Å². The Morgan fingerprint density at radius 2 is 2.00 bits per heavy atom. The fourth-order valence-electron chi connectivity index (χ4n) is 2.29. The van der Waals surface area contributed by atoms with E-state index in [2.05, 4.69) is 15.4 Å². The Kier molecular flexibility index (Phi) is 3.37. The van der Waals surface area contributed by atoms with Crippen molar-refractivity contribution in [2.75, 3.05) is 0 Å². The third kappa shape index (κ3) is 2.24. The lowest BCUT2D eigenvalue weighted by Gasteiger charge is -2.17. The predicted molar refractivity (Wildman–Crippen MR) is 75.1 cm³/mol. The molecule has 2 aromatic heterocycles. The van der Waals surface area contributed by atoms with Crippen LogP contribution in [0.15, 0.2) is 55.0 Å². The molecule has 0 aliphatic heterocycles. The van der Waals surface area contributed by atoms with Crippen LogP contribution >= 0.6 is 0 Å². The molecule has 4 nitrogen and oxygen atoms in total. The van der Waals surface area contributed by atoms with Gasteiger partial charge in [0.1, 0.15) is 5.82 Å². The van der Waals surface area contributed by atoms with E-state index in [0.29, 0.717) is 5.69 Å². The molecule has 2 heterocycles. The number of hydrogen-bond acceptors (Lipinski definition) is 4. The molecule has 0 bridgehead atoms. The molecule has 0 amide bonds. The summed E-state index contributed by atoms with van der Waals surface area (Å²) >= 11 is 0. The fraction of sp³-hybridized carbons (Fsp3) is 0.0667. The number of nitrogens with one attached hydrogen (secondary N) is 1. The number of fused-ring (bicyclic) bond motifs is 1. The minimum atomic E-state index is -0.369. The van der Waals surface area contributed by atoms with Gasteiger partial charge < -0.3 is 0 Å². The molecule has 3 N–H and O–H groups in total. The summed E-state index contributed by atoms with van der Waals surface area (Å²) in [6.07, 6.45) is 4.72. The number of nitrogens with zero attached hydrogens (tertiary/aromatic N) is 2. The lowest BCUT2D eigenvalue weighted by molar-refractivity contribution is 0.598. The van der Waals surface area contributed by atoms with Crippen LogP contribution in [0.1, 0.15) is 17.3 Å². The highest BCUT2D eigenvalue weighted by Crippen LogP contribution is 2.27. The van der Waals surface area contributed by atoms with Gasteiger partial charge >= 0.3 is 0 Å². The van der Waals surface area contributed by atoms with Crippen LogP contribution in [0.2, 0.25) is 0 Å². The maximum absolute atomic E-state index is 13.0. The molecule has 20 heavy (non-hydrogen) atoms. The Morgan fingerprint density at radius 3 is 2.75 bits per heavy atom. The van der Waals surface area contributed by atoms with Crippen LogP contribution < -0.4 is 11.3 Å².